The highest BCUT2D eigenvalue weighted by molar-refractivity contribution is 5.81. The number of hydrogen-bond acceptors (Lipinski definition) is 2. The molecule has 0 aliphatic rings. The first-order valence-corrected chi connectivity index (χ1v) is 4.59. The van der Waals surface area contributed by atoms with Gasteiger partial charge in [-0.3, -0.25) is 9.89 Å². The van der Waals surface area contributed by atoms with E-state index in [1.54, 1.807) is 22.9 Å². The molecule has 3 N–H and O–H groups in total. The van der Waals surface area contributed by atoms with Crippen molar-refractivity contribution in [3.63, 3.8) is 0 Å². The van der Waals surface area contributed by atoms with Crippen molar-refractivity contribution in [1.29, 1.82) is 0 Å². The van der Waals surface area contributed by atoms with Gasteiger partial charge in [0, 0.05) is 11.7 Å². The van der Waals surface area contributed by atoms with Gasteiger partial charge in [-0.1, -0.05) is 0 Å². The van der Waals surface area contributed by atoms with Crippen molar-refractivity contribution in [2.24, 2.45) is 0 Å². The molecule has 0 unspecified atom stereocenters. The zero-order chi connectivity index (χ0) is 10.3. The molecule has 2 rings (SSSR count). The zero-order valence-corrected chi connectivity index (χ0v) is 8.24. The van der Waals surface area contributed by atoms with Crippen LogP contribution in [0.5, 0.6) is 0 Å². The van der Waals surface area contributed by atoms with Crippen LogP contribution in [0.4, 0.5) is 5.69 Å². The standard InChI is InChI=1S/C10H13N3O/c1-6(2)13-10(14)8-4-3-7(11)5-9(8)12-13/h3-6,12H,11H2,1-2H3. The Morgan fingerprint density at radius 2 is 2.14 bits per heavy atom. The number of nitrogen functional groups attached to an aromatic ring is 1. The molecule has 4 heteroatoms. The van der Waals surface area contributed by atoms with Crippen LogP contribution in [-0.2, 0) is 0 Å². The van der Waals surface area contributed by atoms with Crippen molar-refractivity contribution in [2.75, 3.05) is 5.73 Å². The monoisotopic (exact) mass is 191 g/mol. The summed E-state index contributed by atoms with van der Waals surface area (Å²) in [6, 6.07) is 5.40. The number of fused-ring (bicyclic) bond motifs is 1. The summed E-state index contributed by atoms with van der Waals surface area (Å²) in [6.07, 6.45) is 0. The summed E-state index contributed by atoms with van der Waals surface area (Å²) in [6.45, 7) is 3.92. The van der Waals surface area contributed by atoms with Crippen LogP contribution in [0.25, 0.3) is 10.9 Å². The number of aromatic nitrogens is 2. The van der Waals surface area contributed by atoms with Crippen molar-refractivity contribution in [3.05, 3.63) is 28.6 Å². The number of hydrogen-bond donors (Lipinski definition) is 2. The Bertz CT molecular complexity index is 522. The molecule has 0 atom stereocenters. The SMILES string of the molecule is CC(C)n1[nH]c2cc(N)ccc2c1=O. The highest BCUT2D eigenvalue weighted by atomic mass is 16.1. The molecule has 0 aliphatic carbocycles. The molecule has 0 saturated carbocycles. The fraction of sp³-hybridized carbons (Fsp3) is 0.300. The topological polar surface area (TPSA) is 63.8 Å². The number of benzene rings is 1. The first-order valence-electron chi connectivity index (χ1n) is 4.59. The lowest BCUT2D eigenvalue weighted by Gasteiger charge is -2.03. The first kappa shape index (κ1) is 8.87. The second-order valence-electron chi connectivity index (χ2n) is 3.69. The lowest BCUT2D eigenvalue weighted by molar-refractivity contribution is 0.522. The Hall–Kier alpha value is -1.71. The van der Waals surface area contributed by atoms with Gasteiger partial charge in [-0.05, 0) is 32.0 Å². The van der Waals surface area contributed by atoms with Gasteiger partial charge in [-0.25, -0.2) is 4.68 Å². The average molecular weight is 191 g/mol. The van der Waals surface area contributed by atoms with Crippen LogP contribution in [0.1, 0.15) is 19.9 Å². The van der Waals surface area contributed by atoms with Gasteiger partial charge in [-0.15, -0.1) is 0 Å². The van der Waals surface area contributed by atoms with Crippen LogP contribution in [0.15, 0.2) is 23.0 Å². The van der Waals surface area contributed by atoms with E-state index in [0.717, 1.165) is 5.52 Å². The number of H-pyrrole nitrogens is 1. The van der Waals surface area contributed by atoms with E-state index < -0.39 is 0 Å². The molecular weight excluding hydrogens is 178 g/mol. The summed E-state index contributed by atoms with van der Waals surface area (Å²) < 4.78 is 1.60. The first-order chi connectivity index (χ1) is 6.59. The summed E-state index contributed by atoms with van der Waals surface area (Å²) in [4.78, 5) is 11.8. The van der Waals surface area contributed by atoms with Gasteiger partial charge in [-0.2, -0.15) is 0 Å². The molecule has 0 spiro atoms. The van der Waals surface area contributed by atoms with Crippen LogP contribution in [0.2, 0.25) is 0 Å². The van der Waals surface area contributed by atoms with Crippen LogP contribution in [-0.4, -0.2) is 9.78 Å². The smallest absolute Gasteiger partial charge is 0.274 e. The van der Waals surface area contributed by atoms with Gasteiger partial charge >= 0.3 is 0 Å². The van der Waals surface area contributed by atoms with Crippen molar-refractivity contribution >= 4 is 16.6 Å². The molecule has 0 radical (unpaired) electrons. The van der Waals surface area contributed by atoms with Crippen LogP contribution < -0.4 is 11.3 Å². The Morgan fingerprint density at radius 3 is 2.79 bits per heavy atom. The molecule has 0 bridgehead atoms. The molecular formula is C10H13N3O. The lowest BCUT2D eigenvalue weighted by atomic mass is 10.2. The lowest BCUT2D eigenvalue weighted by Crippen LogP contribution is -2.18. The largest absolute Gasteiger partial charge is 0.399 e. The number of rotatable bonds is 1. The molecule has 1 aromatic carbocycles. The highest BCUT2D eigenvalue weighted by Gasteiger charge is 2.08. The summed E-state index contributed by atoms with van der Waals surface area (Å²) in [7, 11) is 0. The van der Waals surface area contributed by atoms with Gasteiger partial charge in [0.15, 0.2) is 0 Å². The second kappa shape index (κ2) is 2.90. The van der Waals surface area contributed by atoms with Crippen LogP contribution in [0.3, 0.4) is 0 Å². The maximum Gasteiger partial charge on any atom is 0.274 e. The maximum absolute atomic E-state index is 11.8. The van der Waals surface area contributed by atoms with E-state index in [9.17, 15) is 4.79 Å². The van der Waals surface area contributed by atoms with Gasteiger partial charge < -0.3 is 5.73 Å². The third-order valence-corrected chi connectivity index (χ3v) is 2.25. The number of nitrogens with zero attached hydrogens (tertiary/aromatic N) is 1. The minimum atomic E-state index is 0.00926. The van der Waals surface area contributed by atoms with E-state index in [0.29, 0.717) is 11.1 Å². The fourth-order valence-corrected chi connectivity index (χ4v) is 1.51. The predicted molar refractivity (Wildman–Crippen MR) is 57.4 cm³/mol. The van der Waals surface area contributed by atoms with Crippen molar-refractivity contribution in [1.82, 2.24) is 9.78 Å². The maximum atomic E-state index is 11.8. The molecule has 2 aromatic rings. The molecule has 0 amide bonds. The minimum absolute atomic E-state index is 0.00926. The Labute approximate surface area is 81.3 Å². The van der Waals surface area contributed by atoms with E-state index >= 15 is 0 Å². The molecule has 1 aromatic heterocycles. The Balaban J connectivity index is 2.80. The van der Waals surface area contributed by atoms with Crippen molar-refractivity contribution < 1.29 is 0 Å². The molecule has 1 heterocycles. The average Bonchev–Trinajstić information content (AvgIpc) is 2.43. The fourth-order valence-electron chi connectivity index (χ4n) is 1.51. The minimum Gasteiger partial charge on any atom is -0.399 e. The number of nitrogens with one attached hydrogen (secondary N) is 1. The van der Waals surface area contributed by atoms with E-state index in [4.69, 9.17) is 5.73 Å². The molecule has 14 heavy (non-hydrogen) atoms. The Kier molecular flexibility index (Phi) is 1.84. The molecule has 0 aliphatic heterocycles. The van der Waals surface area contributed by atoms with E-state index in [1.165, 1.54) is 0 Å². The molecule has 4 nitrogen and oxygen atoms in total. The van der Waals surface area contributed by atoms with Crippen LogP contribution in [0, 0.1) is 0 Å². The summed E-state index contributed by atoms with van der Waals surface area (Å²) in [5.41, 5.74) is 7.09. The Morgan fingerprint density at radius 1 is 1.43 bits per heavy atom. The van der Waals surface area contributed by atoms with Crippen LogP contribution >= 0.6 is 0 Å². The van der Waals surface area contributed by atoms with Crippen molar-refractivity contribution in [3.8, 4) is 0 Å². The number of anilines is 1. The third-order valence-electron chi connectivity index (χ3n) is 2.25. The van der Waals surface area contributed by atoms with E-state index in [-0.39, 0.29) is 11.6 Å². The van der Waals surface area contributed by atoms with Gasteiger partial charge in [0.05, 0.1) is 10.9 Å². The summed E-state index contributed by atoms with van der Waals surface area (Å²) in [5.74, 6) is 0. The third kappa shape index (κ3) is 1.19. The van der Waals surface area contributed by atoms with Gasteiger partial charge in [0.2, 0.25) is 0 Å². The summed E-state index contributed by atoms with van der Waals surface area (Å²) in [5, 5.41) is 3.72. The van der Waals surface area contributed by atoms with E-state index in [1.807, 2.05) is 13.8 Å². The molecule has 0 saturated heterocycles. The predicted octanol–water partition coefficient (Wildman–Crippen LogP) is 1.49. The summed E-state index contributed by atoms with van der Waals surface area (Å²) >= 11 is 0. The quantitative estimate of drug-likeness (QED) is 0.671. The van der Waals surface area contributed by atoms with Gasteiger partial charge in [0.25, 0.3) is 5.56 Å². The number of nitrogens with two attached hydrogens (primary N) is 1. The molecule has 74 valence electrons. The van der Waals surface area contributed by atoms with E-state index in [2.05, 4.69) is 5.10 Å². The molecule has 0 fully saturated rings. The second-order valence-corrected chi connectivity index (χ2v) is 3.69. The van der Waals surface area contributed by atoms with Gasteiger partial charge in [0.1, 0.15) is 0 Å². The normalized spacial score (nSPS) is 11.4. The number of aromatic amines is 1. The zero-order valence-electron chi connectivity index (χ0n) is 8.24. The highest BCUT2D eigenvalue weighted by Crippen LogP contribution is 2.13. The van der Waals surface area contributed by atoms with Crippen molar-refractivity contribution in [2.45, 2.75) is 19.9 Å².